The van der Waals surface area contributed by atoms with Crippen molar-refractivity contribution in [1.82, 2.24) is 0 Å². The first kappa shape index (κ1) is 13.5. The lowest BCUT2D eigenvalue weighted by Crippen LogP contribution is -2.07. The Morgan fingerprint density at radius 2 is 1.18 bits per heavy atom. The van der Waals surface area contributed by atoms with E-state index < -0.39 is 0 Å². The molecule has 70 valence electrons. The highest BCUT2D eigenvalue weighted by Crippen LogP contribution is 1.96. The fraction of sp³-hybridized carbons (Fsp3) is 1.00. The van der Waals surface area contributed by atoms with E-state index in [0.717, 1.165) is 6.42 Å². The van der Waals surface area contributed by atoms with Gasteiger partial charge in [0.05, 0.1) is 12.2 Å². The summed E-state index contributed by atoms with van der Waals surface area (Å²) in [6.45, 7) is 9.50. The zero-order valence-electron chi connectivity index (χ0n) is 8.33. The highest BCUT2D eigenvalue weighted by atomic mass is 16.3. The van der Waals surface area contributed by atoms with E-state index in [1.807, 2.05) is 20.8 Å². The van der Waals surface area contributed by atoms with Crippen molar-refractivity contribution in [2.45, 2.75) is 53.2 Å². The molecular formula is C9H22O2. The van der Waals surface area contributed by atoms with Crippen molar-refractivity contribution in [1.29, 1.82) is 0 Å². The standard InChI is InChI=1S/C5H12O.C4H10O/c1-4(2)5(3)6;1-3-4(2)5/h4-6H,1-3H3;4-5H,3H2,1-2H3. The van der Waals surface area contributed by atoms with Crippen molar-refractivity contribution in [2.75, 3.05) is 0 Å². The molecule has 0 aliphatic carbocycles. The number of hydrogen-bond donors (Lipinski definition) is 2. The van der Waals surface area contributed by atoms with Crippen LogP contribution in [-0.4, -0.2) is 22.4 Å². The van der Waals surface area contributed by atoms with Crippen LogP contribution in [0.25, 0.3) is 0 Å². The van der Waals surface area contributed by atoms with E-state index in [0.29, 0.717) is 5.92 Å². The summed E-state index contributed by atoms with van der Waals surface area (Å²) >= 11 is 0. The summed E-state index contributed by atoms with van der Waals surface area (Å²) in [7, 11) is 0. The van der Waals surface area contributed by atoms with Crippen molar-refractivity contribution in [2.24, 2.45) is 5.92 Å². The topological polar surface area (TPSA) is 40.5 Å². The van der Waals surface area contributed by atoms with Gasteiger partial charge >= 0.3 is 0 Å². The van der Waals surface area contributed by atoms with E-state index in [1.54, 1.807) is 13.8 Å². The van der Waals surface area contributed by atoms with E-state index >= 15 is 0 Å². The zero-order chi connectivity index (χ0) is 9.44. The predicted octanol–water partition coefficient (Wildman–Crippen LogP) is 1.80. The summed E-state index contributed by atoms with van der Waals surface area (Å²) < 4.78 is 0. The van der Waals surface area contributed by atoms with Gasteiger partial charge in [0.2, 0.25) is 0 Å². The van der Waals surface area contributed by atoms with Gasteiger partial charge in [-0.15, -0.1) is 0 Å². The first-order valence-corrected chi connectivity index (χ1v) is 4.27. The van der Waals surface area contributed by atoms with Gasteiger partial charge in [-0.1, -0.05) is 20.8 Å². The van der Waals surface area contributed by atoms with Gasteiger partial charge in [-0.05, 0) is 26.2 Å². The molecule has 2 atom stereocenters. The monoisotopic (exact) mass is 162 g/mol. The lowest BCUT2D eigenvalue weighted by Gasteiger charge is -2.04. The summed E-state index contributed by atoms with van der Waals surface area (Å²) in [6.07, 6.45) is 0.597. The maximum absolute atomic E-state index is 8.63. The van der Waals surface area contributed by atoms with Gasteiger partial charge in [-0.3, -0.25) is 0 Å². The fourth-order valence-electron chi connectivity index (χ4n) is 0. The minimum Gasteiger partial charge on any atom is -0.393 e. The van der Waals surface area contributed by atoms with E-state index in [9.17, 15) is 0 Å². The second-order valence-electron chi connectivity index (χ2n) is 3.24. The average Bonchev–Trinajstić information content (AvgIpc) is 1.89. The Labute approximate surface area is 70.3 Å². The Bertz CT molecular complexity index is 62.0. The molecule has 0 fully saturated rings. The Hall–Kier alpha value is -0.0800. The van der Waals surface area contributed by atoms with Crippen LogP contribution in [0, 0.1) is 5.92 Å². The maximum atomic E-state index is 8.63. The first-order chi connectivity index (χ1) is 4.91. The van der Waals surface area contributed by atoms with Crippen molar-refractivity contribution in [3.63, 3.8) is 0 Å². The quantitative estimate of drug-likeness (QED) is 0.650. The number of rotatable bonds is 2. The van der Waals surface area contributed by atoms with E-state index in [2.05, 4.69) is 0 Å². The molecule has 2 nitrogen and oxygen atoms in total. The van der Waals surface area contributed by atoms with Gasteiger partial charge in [-0.25, -0.2) is 0 Å². The molecule has 0 heterocycles. The SMILES string of the molecule is CC(C)C(C)O.CCC(C)O. The van der Waals surface area contributed by atoms with Gasteiger partial charge < -0.3 is 10.2 Å². The molecular weight excluding hydrogens is 140 g/mol. The van der Waals surface area contributed by atoms with Crippen LogP contribution in [0.4, 0.5) is 0 Å². The van der Waals surface area contributed by atoms with E-state index in [1.165, 1.54) is 0 Å². The molecule has 0 spiro atoms. The van der Waals surface area contributed by atoms with Crippen LogP contribution in [0.2, 0.25) is 0 Å². The van der Waals surface area contributed by atoms with Crippen LogP contribution in [-0.2, 0) is 0 Å². The van der Waals surface area contributed by atoms with Crippen molar-refractivity contribution < 1.29 is 10.2 Å². The summed E-state index contributed by atoms with van der Waals surface area (Å²) in [5.41, 5.74) is 0. The van der Waals surface area contributed by atoms with Crippen molar-refractivity contribution in [3.05, 3.63) is 0 Å². The highest BCUT2D eigenvalue weighted by molar-refractivity contribution is 4.48. The predicted molar refractivity (Wildman–Crippen MR) is 48.5 cm³/mol. The molecule has 0 radical (unpaired) electrons. The van der Waals surface area contributed by atoms with Gasteiger partial charge in [0.1, 0.15) is 0 Å². The van der Waals surface area contributed by atoms with Gasteiger partial charge in [-0.2, -0.15) is 0 Å². The molecule has 2 heteroatoms. The third-order valence-corrected chi connectivity index (χ3v) is 1.56. The lowest BCUT2D eigenvalue weighted by molar-refractivity contribution is 0.144. The van der Waals surface area contributed by atoms with Crippen LogP contribution >= 0.6 is 0 Å². The van der Waals surface area contributed by atoms with Crippen molar-refractivity contribution in [3.8, 4) is 0 Å². The molecule has 0 amide bonds. The van der Waals surface area contributed by atoms with Crippen LogP contribution in [0.3, 0.4) is 0 Å². The van der Waals surface area contributed by atoms with Crippen LogP contribution in [0.15, 0.2) is 0 Å². The number of hydrogen-bond acceptors (Lipinski definition) is 2. The van der Waals surface area contributed by atoms with Gasteiger partial charge in [0, 0.05) is 0 Å². The minimum atomic E-state index is -0.148. The Morgan fingerprint density at radius 1 is 1.00 bits per heavy atom. The molecule has 2 N–H and O–H groups in total. The van der Waals surface area contributed by atoms with Crippen LogP contribution < -0.4 is 0 Å². The number of aliphatic hydroxyl groups is 2. The second kappa shape index (κ2) is 8.02. The van der Waals surface area contributed by atoms with Crippen LogP contribution in [0.1, 0.15) is 41.0 Å². The Balaban J connectivity index is 0. The smallest absolute Gasteiger partial charge is 0.0535 e. The molecule has 2 unspecified atom stereocenters. The zero-order valence-corrected chi connectivity index (χ0v) is 8.33. The third kappa shape index (κ3) is 17.8. The molecule has 0 aromatic carbocycles. The van der Waals surface area contributed by atoms with E-state index in [-0.39, 0.29) is 12.2 Å². The summed E-state index contributed by atoms with van der Waals surface area (Å²) in [4.78, 5) is 0. The normalized spacial score (nSPS) is 15.3. The second-order valence-corrected chi connectivity index (χ2v) is 3.24. The van der Waals surface area contributed by atoms with Crippen LogP contribution in [0.5, 0.6) is 0 Å². The average molecular weight is 162 g/mol. The summed E-state index contributed by atoms with van der Waals surface area (Å²) in [5.74, 6) is 0.407. The molecule has 0 saturated heterocycles. The highest BCUT2D eigenvalue weighted by Gasteiger charge is 1.97. The summed E-state index contributed by atoms with van der Waals surface area (Å²) in [6, 6.07) is 0. The Morgan fingerprint density at radius 3 is 1.18 bits per heavy atom. The van der Waals surface area contributed by atoms with E-state index in [4.69, 9.17) is 10.2 Å². The van der Waals surface area contributed by atoms with Gasteiger partial charge in [0.25, 0.3) is 0 Å². The number of aliphatic hydroxyl groups excluding tert-OH is 2. The summed E-state index contributed by atoms with van der Waals surface area (Å²) in [5, 5.41) is 17.0. The largest absolute Gasteiger partial charge is 0.393 e. The van der Waals surface area contributed by atoms with Gasteiger partial charge in [0.15, 0.2) is 0 Å². The molecule has 11 heavy (non-hydrogen) atoms. The molecule has 0 aromatic rings. The molecule has 0 rings (SSSR count). The molecule has 0 bridgehead atoms. The minimum absolute atomic E-state index is 0.116. The Kier molecular flexibility index (Phi) is 9.85. The fourth-order valence-corrected chi connectivity index (χ4v) is 0. The van der Waals surface area contributed by atoms with Crippen molar-refractivity contribution >= 4 is 0 Å². The molecule has 0 aliphatic rings. The third-order valence-electron chi connectivity index (χ3n) is 1.56. The molecule has 0 saturated carbocycles. The molecule has 0 aliphatic heterocycles. The first-order valence-electron chi connectivity index (χ1n) is 4.27. The maximum Gasteiger partial charge on any atom is 0.0535 e. The lowest BCUT2D eigenvalue weighted by atomic mass is 10.1. The molecule has 0 aromatic heterocycles.